The topological polar surface area (TPSA) is 49.4 Å². The van der Waals surface area contributed by atoms with E-state index >= 15 is 0 Å². The van der Waals surface area contributed by atoms with Gasteiger partial charge in [0.2, 0.25) is 11.8 Å². The molecule has 0 heterocycles. The molecule has 0 fully saturated rings. The molecule has 28 heavy (non-hydrogen) atoms. The lowest BCUT2D eigenvalue weighted by Gasteiger charge is -2.29. The van der Waals surface area contributed by atoms with E-state index in [1.54, 1.807) is 31.2 Å². The van der Waals surface area contributed by atoms with Gasteiger partial charge in [0.15, 0.2) is 0 Å². The maximum absolute atomic E-state index is 13.1. The van der Waals surface area contributed by atoms with E-state index in [2.05, 4.69) is 5.32 Å². The van der Waals surface area contributed by atoms with E-state index in [4.69, 9.17) is 34.8 Å². The summed E-state index contributed by atoms with van der Waals surface area (Å²) in [6.45, 7) is 4.43. The van der Waals surface area contributed by atoms with Gasteiger partial charge in [-0.2, -0.15) is 0 Å². The molecule has 2 aromatic carbocycles. The number of halogens is 3. The Labute approximate surface area is 180 Å². The van der Waals surface area contributed by atoms with E-state index in [-0.39, 0.29) is 24.8 Å². The highest BCUT2D eigenvalue weighted by Crippen LogP contribution is 2.26. The maximum atomic E-state index is 13.1. The number of amides is 2. The van der Waals surface area contributed by atoms with Gasteiger partial charge in [0, 0.05) is 28.2 Å². The largest absolute Gasteiger partial charge is 0.354 e. The molecular weight excluding hydrogens is 419 g/mol. The Bertz CT molecular complexity index is 822. The summed E-state index contributed by atoms with van der Waals surface area (Å²) in [5.41, 5.74) is 1.30. The zero-order valence-electron chi connectivity index (χ0n) is 15.8. The summed E-state index contributed by atoms with van der Waals surface area (Å²) < 4.78 is 0. The second kappa shape index (κ2) is 10.7. The van der Waals surface area contributed by atoms with Gasteiger partial charge in [0.05, 0.1) is 6.42 Å². The second-order valence-corrected chi connectivity index (χ2v) is 7.68. The molecule has 0 spiro atoms. The highest BCUT2D eigenvalue weighted by Gasteiger charge is 2.27. The van der Waals surface area contributed by atoms with Crippen molar-refractivity contribution in [3.8, 4) is 0 Å². The average Bonchev–Trinajstić information content (AvgIpc) is 2.67. The zero-order chi connectivity index (χ0) is 20.7. The third kappa shape index (κ3) is 5.87. The summed E-state index contributed by atoms with van der Waals surface area (Å²) in [4.78, 5) is 27.2. The number of benzene rings is 2. The van der Waals surface area contributed by atoms with Crippen molar-refractivity contribution in [3.63, 3.8) is 0 Å². The van der Waals surface area contributed by atoms with Crippen LogP contribution in [0, 0.1) is 0 Å². The Kier molecular flexibility index (Phi) is 8.61. The molecule has 1 atom stereocenters. The van der Waals surface area contributed by atoms with E-state index < -0.39 is 6.04 Å². The third-order valence-electron chi connectivity index (χ3n) is 4.40. The molecule has 0 aromatic heterocycles. The molecule has 0 saturated heterocycles. The summed E-state index contributed by atoms with van der Waals surface area (Å²) in [6, 6.07) is 11.7. The predicted octanol–water partition coefficient (Wildman–Crippen LogP) is 5.13. The lowest BCUT2D eigenvalue weighted by molar-refractivity contribution is -0.140. The fourth-order valence-electron chi connectivity index (χ4n) is 2.74. The quantitative estimate of drug-likeness (QED) is 0.617. The highest BCUT2D eigenvalue weighted by atomic mass is 35.5. The number of carbonyl (C=O) groups is 2. The van der Waals surface area contributed by atoms with Gasteiger partial charge in [-0.3, -0.25) is 9.59 Å². The van der Waals surface area contributed by atoms with Crippen molar-refractivity contribution in [3.05, 3.63) is 68.7 Å². The standard InChI is InChI=1S/C21H23Cl3N2O2/c1-3-11-25-21(28)14(2)26(13-15-7-4-5-8-17(15)22)20(27)12-16-18(23)9-6-10-19(16)24/h4-10,14H,3,11-13H2,1-2H3,(H,25,28)/t14-/m1/s1. The average molecular weight is 442 g/mol. The number of hydrogen-bond donors (Lipinski definition) is 1. The van der Waals surface area contributed by atoms with E-state index in [9.17, 15) is 9.59 Å². The number of nitrogens with one attached hydrogen (secondary N) is 1. The summed E-state index contributed by atoms with van der Waals surface area (Å²) in [5.74, 6) is -0.471. The van der Waals surface area contributed by atoms with E-state index in [0.29, 0.717) is 27.2 Å². The third-order valence-corrected chi connectivity index (χ3v) is 5.48. The Morgan fingerprint density at radius 3 is 2.21 bits per heavy atom. The molecule has 7 heteroatoms. The molecule has 0 bridgehead atoms. The maximum Gasteiger partial charge on any atom is 0.242 e. The molecule has 1 N–H and O–H groups in total. The first-order valence-electron chi connectivity index (χ1n) is 9.08. The van der Waals surface area contributed by atoms with Crippen LogP contribution >= 0.6 is 34.8 Å². The van der Waals surface area contributed by atoms with Crippen molar-refractivity contribution in [1.82, 2.24) is 10.2 Å². The van der Waals surface area contributed by atoms with E-state index in [1.165, 1.54) is 4.90 Å². The summed E-state index contributed by atoms with van der Waals surface area (Å²) >= 11 is 18.7. The summed E-state index contributed by atoms with van der Waals surface area (Å²) in [6.07, 6.45) is 0.806. The Hall–Kier alpha value is -1.75. The molecule has 0 aliphatic heterocycles. The van der Waals surface area contributed by atoms with Gasteiger partial charge >= 0.3 is 0 Å². The van der Waals surface area contributed by atoms with Gasteiger partial charge in [-0.1, -0.05) is 66.0 Å². The molecule has 4 nitrogen and oxygen atoms in total. The molecule has 0 aliphatic carbocycles. The van der Waals surface area contributed by atoms with Crippen LogP contribution in [0.3, 0.4) is 0 Å². The number of carbonyl (C=O) groups excluding carboxylic acids is 2. The van der Waals surface area contributed by atoms with Crippen LogP contribution in [0.25, 0.3) is 0 Å². The zero-order valence-corrected chi connectivity index (χ0v) is 18.1. The molecular formula is C21H23Cl3N2O2. The van der Waals surface area contributed by atoms with Gasteiger partial charge in [0.1, 0.15) is 6.04 Å². The second-order valence-electron chi connectivity index (χ2n) is 6.46. The molecule has 0 saturated carbocycles. The monoisotopic (exact) mass is 440 g/mol. The van der Waals surface area contributed by atoms with Crippen LogP contribution in [0.2, 0.25) is 15.1 Å². The minimum absolute atomic E-state index is 0.00560. The van der Waals surface area contributed by atoms with Crippen molar-refractivity contribution >= 4 is 46.6 Å². The van der Waals surface area contributed by atoms with Crippen LogP contribution in [0.1, 0.15) is 31.4 Å². The van der Waals surface area contributed by atoms with Crippen LogP contribution in [0.5, 0.6) is 0 Å². The number of hydrogen-bond acceptors (Lipinski definition) is 2. The number of rotatable bonds is 8. The van der Waals surface area contributed by atoms with Crippen molar-refractivity contribution in [2.75, 3.05) is 6.54 Å². The molecule has 2 amide bonds. The van der Waals surface area contributed by atoms with E-state index in [0.717, 1.165) is 12.0 Å². The minimum Gasteiger partial charge on any atom is -0.354 e. The molecule has 150 valence electrons. The van der Waals surface area contributed by atoms with Gasteiger partial charge < -0.3 is 10.2 Å². The lowest BCUT2D eigenvalue weighted by Crippen LogP contribution is -2.48. The molecule has 0 aliphatic rings. The van der Waals surface area contributed by atoms with Gasteiger partial charge in [-0.05, 0) is 42.7 Å². The van der Waals surface area contributed by atoms with Gasteiger partial charge in [-0.15, -0.1) is 0 Å². The van der Waals surface area contributed by atoms with Crippen molar-refractivity contribution in [1.29, 1.82) is 0 Å². The molecule has 2 aromatic rings. The highest BCUT2D eigenvalue weighted by molar-refractivity contribution is 6.36. The molecule has 2 rings (SSSR count). The van der Waals surface area contributed by atoms with Gasteiger partial charge in [-0.25, -0.2) is 0 Å². The van der Waals surface area contributed by atoms with Gasteiger partial charge in [0.25, 0.3) is 0 Å². The summed E-state index contributed by atoms with van der Waals surface area (Å²) in [5, 5.41) is 4.21. The fraction of sp³-hybridized carbons (Fsp3) is 0.333. The minimum atomic E-state index is -0.670. The smallest absolute Gasteiger partial charge is 0.242 e. The fourth-order valence-corrected chi connectivity index (χ4v) is 3.47. The predicted molar refractivity (Wildman–Crippen MR) is 115 cm³/mol. The Morgan fingerprint density at radius 1 is 1.00 bits per heavy atom. The van der Waals surface area contributed by atoms with Crippen LogP contribution in [-0.4, -0.2) is 29.3 Å². The Balaban J connectivity index is 2.29. The van der Waals surface area contributed by atoms with Crippen LogP contribution in [-0.2, 0) is 22.6 Å². The lowest BCUT2D eigenvalue weighted by atomic mass is 10.1. The van der Waals surface area contributed by atoms with Crippen molar-refractivity contribution < 1.29 is 9.59 Å². The SMILES string of the molecule is CCCNC(=O)[C@@H](C)N(Cc1ccccc1Cl)C(=O)Cc1c(Cl)cccc1Cl. The van der Waals surface area contributed by atoms with Crippen LogP contribution < -0.4 is 5.32 Å². The first kappa shape index (κ1) is 22.5. The van der Waals surface area contributed by atoms with Crippen molar-refractivity contribution in [2.24, 2.45) is 0 Å². The summed E-state index contributed by atoms with van der Waals surface area (Å²) in [7, 11) is 0. The van der Waals surface area contributed by atoms with E-state index in [1.807, 2.05) is 25.1 Å². The Morgan fingerprint density at radius 2 is 1.61 bits per heavy atom. The normalized spacial score (nSPS) is 11.8. The van der Waals surface area contributed by atoms with Crippen molar-refractivity contribution in [2.45, 2.75) is 39.3 Å². The molecule has 0 unspecified atom stereocenters. The first-order chi connectivity index (χ1) is 13.3. The van der Waals surface area contributed by atoms with Crippen LogP contribution in [0.15, 0.2) is 42.5 Å². The molecule has 0 radical (unpaired) electrons. The van der Waals surface area contributed by atoms with Crippen LogP contribution in [0.4, 0.5) is 0 Å². The first-order valence-corrected chi connectivity index (χ1v) is 10.2. The number of nitrogens with zero attached hydrogens (tertiary/aromatic N) is 1.